The number of carbonyl (C=O) groups is 1. The van der Waals surface area contributed by atoms with Gasteiger partial charge in [0.1, 0.15) is 5.82 Å². The Hall–Kier alpha value is -3.70. The fourth-order valence-electron chi connectivity index (χ4n) is 4.20. The molecule has 156 valence electrons. The smallest absolute Gasteiger partial charge is 0.276 e. The van der Waals surface area contributed by atoms with Gasteiger partial charge < -0.3 is 19.1 Å². The number of fused-ring (bicyclic) bond motifs is 3. The van der Waals surface area contributed by atoms with Crippen LogP contribution in [-0.2, 0) is 4.74 Å². The summed E-state index contributed by atoms with van der Waals surface area (Å²) < 4.78 is 11.3. The number of aromatic nitrogens is 2. The van der Waals surface area contributed by atoms with E-state index in [1.54, 1.807) is 24.4 Å². The minimum atomic E-state index is -0.160. The van der Waals surface area contributed by atoms with Crippen LogP contribution in [0, 0.1) is 17.2 Å². The molecule has 0 spiro atoms. The molecule has 0 saturated carbocycles. The molecule has 2 aliphatic rings. The zero-order chi connectivity index (χ0) is 21.2. The zero-order valence-electron chi connectivity index (χ0n) is 16.8. The van der Waals surface area contributed by atoms with E-state index in [1.807, 2.05) is 35.2 Å². The molecule has 8 nitrogen and oxygen atoms in total. The monoisotopic (exact) mass is 415 g/mol. The maximum absolute atomic E-state index is 13.4. The lowest BCUT2D eigenvalue weighted by atomic mass is 10.1. The molecule has 0 unspecified atom stereocenters. The van der Waals surface area contributed by atoms with E-state index < -0.39 is 0 Å². The number of nitriles is 1. The van der Waals surface area contributed by atoms with Gasteiger partial charge in [-0.15, -0.1) is 0 Å². The fraction of sp³-hybridized carbons (Fsp3) is 0.304. The van der Waals surface area contributed by atoms with Crippen LogP contribution in [0.1, 0.15) is 16.1 Å². The molecule has 2 saturated heterocycles. The average Bonchev–Trinajstić information content (AvgIpc) is 3.12. The highest BCUT2D eigenvalue weighted by Crippen LogP contribution is 2.26. The molecule has 31 heavy (non-hydrogen) atoms. The van der Waals surface area contributed by atoms with E-state index in [2.05, 4.69) is 21.1 Å². The Labute approximate surface area is 179 Å². The maximum Gasteiger partial charge on any atom is 0.276 e. The van der Waals surface area contributed by atoms with Gasteiger partial charge in [0.2, 0.25) is 0 Å². The van der Waals surface area contributed by atoms with E-state index in [0.717, 1.165) is 11.4 Å². The molecule has 8 heteroatoms. The molecule has 2 fully saturated rings. The Morgan fingerprint density at radius 2 is 1.97 bits per heavy atom. The third-order valence-electron chi connectivity index (χ3n) is 5.72. The minimum absolute atomic E-state index is 0.129. The number of rotatable bonds is 3. The molecule has 2 aromatic heterocycles. The second kappa shape index (κ2) is 8.20. The van der Waals surface area contributed by atoms with E-state index in [9.17, 15) is 10.1 Å². The first kappa shape index (κ1) is 19.3. The van der Waals surface area contributed by atoms with Gasteiger partial charge in [0.25, 0.3) is 5.91 Å². The van der Waals surface area contributed by atoms with E-state index >= 15 is 0 Å². The Morgan fingerprint density at radius 1 is 1.10 bits per heavy atom. The topological polar surface area (TPSA) is 95.5 Å². The van der Waals surface area contributed by atoms with Crippen LogP contribution in [0.25, 0.3) is 11.3 Å². The summed E-state index contributed by atoms with van der Waals surface area (Å²) in [7, 11) is 0. The van der Waals surface area contributed by atoms with Crippen molar-refractivity contribution in [1.29, 1.82) is 5.26 Å². The summed E-state index contributed by atoms with van der Waals surface area (Å²) in [6.07, 6.45) is 1.65. The van der Waals surface area contributed by atoms with Crippen LogP contribution in [0.4, 0.5) is 5.82 Å². The normalized spacial score (nSPS) is 20.7. The first-order valence-electron chi connectivity index (χ1n) is 10.2. The summed E-state index contributed by atoms with van der Waals surface area (Å²) in [5, 5.41) is 13.3. The molecule has 0 aliphatic carbocycles. The van der Waals surface area contributed by atoms with Gasteiger partial charge in [-0.1, -0.05) is 35.5 Å². The van der Waals surface area contributed by atoms with E-state index in [0.29, 0.717) is 49.9 Å². The highest BCUT2D eigenvalue weighted by molar-refractivity contribution is 5.93. The minimum Gasteiger partial charge on any atom is -0.379 e. The fourth-order valence-corrected chi connectivity index (χ4v) is 4.20. The van der Waals surface area contributed by atoms with Crippen molar-refractivity contribution in [3.8, 4) is 17.4 Å². The predicted octanol–water partition coefficient (Wildman–Crippen LogP) is 2.59. The zero-order valence-corrected chi connectivity index (χ0v) is 16.8. The third kappa shape index (κ3) is 3.88. The largest absolute Gasteiger partial charge is 0.379 e. The molecule has 5 rings (SSSR count). The van der Waals surface area contributed by atoms with Crippen LogP contribution in [0.15, 0.2) is 59.3 Å². The van der Waals surface area contributed by atoms with Crippen molar-refractivity contribution in [2.24, 2.45) is 5.92 Å². The summed E-state index contributed by atoms with van der Waals surface area (Å²) in [5.74, 6) is 1.28. The molecule has 3 aromatic rings. The van der Waals surface area contributed by atoms with Crippen molar-refractivity contribution in [3.63, 3.8) is 0 Å². The summed E-state index contributed by atoms with van der Waals surface area (Å²) >= 11 is 0. The van der Waals surface area contributed by atoms with Crippen molar-refractivity contribution < 1.29 is 14.1 Å². The Morgan fingerprint density at radius 3 is 2.81 bits per heavy atom. The number of hydrogen-bond donors (Lipinski definition) is 0. The molecule has 1 amide bonds. The third-order valence-corrected chi connectivity index (χ3v) is 5.72. The van der Waals surface area contributed by atoms with Gasteiger partial charge in [0, 0.05) is 43.4 Å². The molecule has 2 aliphatic heterocycles. The van der Waals surface area contributed by atoms with Crippen molar-refractivity contribution in [2.45, 2.75) is 6.04 Å². The number of amides is 1. The van der Waals surface area contributed by atoms with Gasteiger partial charge in [-0.25, -0.2) is 4.98 Å². The number of ether oxygens (including phenoxy) is 1. The number of benzene rings is 1. The lowest BCUT2D eigenvalue weighted by Gasteiger charge is -2.31. The van der Waals surface area contributed by atoms with Crippen LogP contribution in [-0.4, -0.2) is 59.8 Å². The number of hydrogen-bond acceptors (Lipinski definition) is 7. The van der Waals surface area contributed by atoms with E-state index in [-0.39, 0.29) is 17.9 Å². The molecule has 2 bridgehead atoms. The Balaban J connectivity index is 1.40. The molecule has 0 radical (unpaired) electrons. The lowest BCUT2D eigenvalue weighted by Crippen LogP contribution is -2.47. The van der Waals surface area contributed by atoms with Gasteiger partial charge >= 0.3 is 0 Å². The van der Waals surface area contributed by atoms with Crippen LogP contribution >= 0.6 is 0 Å². The van der Waals surface area contributed by atoms with Gasteiger partial charge in [-0.3, -0.25) is 4.79 Å². The first-order valence-corrected chi connectivity index (χ1v) is 10.2. The van der Waals surface area contributed by atoms with Crippen LogP contribution in [0.3, 0.4) is 0 Å². The number of anilines is 1. The summed E-state index contributed by atoms with van der Waals surface area (Å²) in [4.78, 5) is 21.8. The van der Waals surface area contributed by atoms with Gasteiger partial charge in [-0.05, 0) is 12.1 Å². The van der Waals surface area contributed by atoms with Crippen LogP contribution < -0.4 is 4.90 Å². The lowest BCUT2D eigenvalue weighted by molar-refractivity contribution is 0.0603. The SMILES string of the molecule is N#Cc1ccnc(N2C[C@@H]3COC[C@H](C2)N(C(=O)c2cc(-c4ccccc4)on2)C3)c1. The average molecular weight is 415 g/mol. The number of nitrogens with zero attached hydrogens (tertiary/aromatic N) is 5. The van der Waals surface area contributed by atoms with Gasteiger partial charge in [0.05, 0.1) is 30.9 Å². The van der Waals surface area contributed by atoms with Gasteiger partial charge in [-0.2, -0.15) is 5.26 Å². The highest BCUT2D eigenvalue weighted by atomic mass is 16.5. The predicted molar refractivity (Wildman–Crippen MR) is 112 cm³/mol. The first-order chi connectivity index (χ1) is 15.2. The summed E-state index contributed by atoms with van der Waals surface area (Å²) in [6, 6.07) is 16.8. The second-order valence-electron chi connectivity index (χ2n) is 7.88. The molecule has 1 aromatic carbocycles. The molecular formula is C23H21N5O3. The number of carbonyl (C=O) groups excluding carboxylic acids is 1. The second-order valence-corrected chi connectivity index (χ2v) is 7.88. The van der Waals surface area contributed by atoms with Gasteiger partial charge in [0.15, 0.2) is 11.5 Å². The van der Waals surface area contributed by atoms with Crippen molar-refractivity contribution in [2.75, 3.05) is 37.7 Å². The van der Waals surface area contributed by atoms with Crippen LogP contribution in [0.2, 0.25) is 0 Å². The van der Waals surface area contributed by atoms with Crippen molar-refractivity contribution in [3.05, 3.63) is 66.0 Å². The maximum atomic E-state index is 13.4. The van der Waals surface area contributed by atoms with Crippen molar-refractivity contribution >= 4 is 11.7 Å². The van der Waals surface area contributed by atoms with E-state index in [1.165, 1.54) is 0 Å². The quantitative estimate of drug-likeness (QED) is 0.649. The number of pyridine rings is 1. The van der Waals surface area contributed by atoms with Crippen LogP contribution in [0.5, 0.6) is 0 Å². The molecular weight excluding hydrogens is 394 g/mol. The molecule has 4 heterocycles. The summed E-state index contributed by atoms with van der Waals surface area (Å²) in [5.41, 5.74) is 1.74. The Bertz CT molecular complexity index is 1120. The Kier molecular flexibility index (Phi) is 5.10. The standard InChI is InChI=1S/C23H21N5O3/c24-10-16-6-7-25-22(8-16)27-11-17-12-28(19(13-27)15-30-14-17)23(29)20-9-21(31-26-20)18-4-2-1-3-5-18/h1-9,17,19H,11-15H2/t17-,19-/m0/s1. The summed E-state index contributed by atoms with van der Waals surface area (Å²) in [6.45, 7) is 2.87. The molecule has 0 N–H and O–H groups in total. The molecule has 2 atom stereocenters. The van der Waals surface area contributed by atoms with E-state index in [4.69, 9.17) is 9.26 Å². The van der Waals surface area contributed by atoms with Crippen molar-refractivity contribution in [1.82, 2.24) is 15.0 Å². The highest BCUT2D eigenvalue weighted by Gasteiger charge is 2.37.